The summed E-state index contributed by atoms with van der Waals surface area (Å²) in [5.74, 6) is 3.88. The third-order valence-electron chi connectivity index (χ3n) is 3.45. The first kappa shape index (κ1) is 15.8. The molecule has 0 spiro atoms. The Morgan fingerprint density at radius 3 is 2.57 bits per heavy atom. The van der Waals surface area contributed by atoms with Gasteiger partial charge in [0.25, 0.3) is 0 Å². The summed E-state index contributed by atoms with van der Waals surface area (Å²) in [4.78, 5) is 2.17. The molecule has 1 atom stereocenters. The van der Waals surface area contributed by atoms with Crippen molar-refractivity contribution in [2.45, 2.75) is 33.7 Å². The maximum absolute atomic E-state index is 4.43. The molecule has 0 aliphatic rings. The van der Waals surface area contributed by atoms with Crippen LogP contribution in [0.4, 0.5) is 5.82 Å². The smallest absolute Gasteiger partial charge is 0.176 e. The Morgan fingerprint density at radius 2 is 2.05 bits per heavy atom. The number of rotatable bonds is 6. The highest BCUT2D eigenvalue weighted by Crippen LogP contribution is 2.16. The van der Waals surface area contributed by atoms with E-state index < -0.39 is 0 Å². The summed E-state index contributed by atoms with van der Waals surface area (Å²) in [6.45, 7) is 8.39. The molecule has 0 saturated heterocycles. The Labute approximate surface area is 130 Å². The van der Waals surface area contributed by atoms with E-state index in [1.807, 2.05) is 48.5 Å². The number of anilines is 1. The number of hydrogen-bond acceptors (Lipinski definition) is 5. The lowest BCUT2D eigenvalue weighted by Gasteiger charge is -2.25. The molecule has 0 N–H and O–H groups in total. The molecule has 0 aliphatic carbocycles. The van der Waals surface area contributed by atoms with Crippen molar-refractivity contribution in [1.29, 1.82) is 0 Å². The van der Waals surface area contributed by atoms with Gasteiger partial charge in [-0.15, -0.1) is 10.2 Å². The zero-order valence-corrected chi connectivity index (χ0v) is 14.2. The fraction of sp³-hybridized carbons (Fsp3) is 0.533. The minimum absolute atomic E-state index is 0.434. The van der Waals surface area contributed by atoms with Crippen LogP contribution in [0.1, 0.15) is 25.2 Å². The van der Waals surface area contributed by atoms with Crippen molar-refractivity contribution >= 4 is 17.6 Å². The van der Waals surface area contributed by atoms with Gasteiger partial charge in [0, 0.05) is 24.5 Å². The summed E-state index contributed by atoms with van der Waals surface area (Å²) in [6.07, 6.45) is 0. The van der Waals surface area contributed by atoms with Crippen LogP contribution in [0.2, 0.25) is 0 Å². The second-order valence-corrected chi connectivity index (χ2v) is 6.53. The molecule has 0 radical (unpaired) electrons. The van der Waals surface area contributed by atoms with Crippen molar-refractivity contribution in [3.63, 3.8) is 0 Å². The Morgan fingerprint density at radius 1 is 1.29 bits per heavy atom. The minimum atomic E-state index is 0.434. The van der Waals surface area contributed by atoms with Crippen LogP contribution in [0.25, 0.3) is 5.82 Å². The van der Waals surface area contributed by atoms with Crippen molar-refractivity contribution < 1.29 is 0 Å². The van der Waals surface area contributed by atoms with Gasteiger partial charge in [-0.05, 0) is 44.7 Å². The predicted octanol–water partition coefficient (Wildman–Crippen LogP) is 2.86. The van der Waals surface area contributed by atoms with E-state index >= 15 is 0 Å². The van der Waals surface area contributed by atoms with E-state index in [9.17, 15) is 0 Å². The number of aromatic nitrogens is 4. The van der Waals surface area contributed by atoms with E-state index in [0.717, 1.165) is 34.5 Å². The monoisotopic (exact) mass is 305 g/mol. The molecular weight excluding hydrogens is 282 g/mol. The molecule has 5 nitrogen and oxygen atoms in total. The van der Waals surface area contributed by atoms with Crippen molar-refractivity contribution in [2.75, 3.05) is 23.5 Å². The topological polar surface area (TPSA) is 46.8 Å². The van der Waals surface area contributed by atoms with E-state index in [2.05, 4.69) is 41.1 Å². The maximum atomic E-state index is 4.43. The Hall–Kier alpha value is -1.56. The van der Waals surface area contributed by atoms with Gasteiger partial charge in [-0.2, -0.15) is 16.9 Å². The van der Waals surface area contributed by atoms with E-state index in [4.69, 9.17) is 0 Å². The lowest BCUT2D eigenvalue weighted by Crippen LogP contribution is -2.31. The summed E-state index contributed by atoms with van der Waals surface area (Å²) in [6, 6.07) is 6.44. The van der Waals surface area contributed by atoms with Gasteiger partial charge in [0.05, 0.1) is 5.69 Å². The quantitative estimate of drug-likeness (QED) is 0.821. The highest BCUT2D eigenvalue weighted by Gasteiger charge is 2.12. The van der Waals surface area contributed by atoms with Crippen LogP contribution in [0.3, 0.4) is 0 Å². The van der Waals surface area contributed by atoms with Gasteiger partial charge in [0.2, 0.25) is 0 Å². The lowest BCUT2D eigenvalue weighted by atomic mass is 10.3. The summed E-state index contributed by atoms with van der Waals surface area (Å²) in [7, 11) is 2.06. The molecule has 0 aliphatic heterocycles. The summed E-state index contributed by atoms with van der Waals surface area (Å²) < 4.78 is 1.82. The van der Waals surface area contributed by atoms with Gasteiger partial charge in [0.1, 0.15) is 0 Å². The third-order valence-corrected chi connectivity index (χ3v) is 4.58. The molecule has 0 amide bonds. The average Bonchev–Trinajstić information content (AvgIpc) is 2.83. The first-order chi connectivity index (χ1) is 10.0. The van der Waals surface area contributed by atoms with Crippen molar-refractivity contribution in [3.8, 4) is 5.82 Å². The van der Waals surface area contributed by atoms with Crippen LogP contribution >= 0.6 is 11.8 Å². The van der Waals surface area contributed by atoms with E-state index in [1.54, 1.807) is 0 Å². The van der Waals surface area contributed by atoms with Crippen LogP contribution in [0.5, 0.6) is 0 Å². The zero-order chi connectivity index (χ0) is 15.4. The third kappa shape index (κ3) is 3.75. The molecule has 0 aromatic carbocycles. The number of thioether (sulfide) groups is 1. The van der Waals surface area contributed by atoms with Gasteiger partial charge < -0.3 is 4.90 Å². The molecule has 0 fully saturated rings. The van der Waals surface area contributed by atoms with Gasteiger partial charge in [-0.25, -0.2) is 4.68 Å². The second kappa shape index (κ2) is 6.93. The van der Waals surface area contributed by atoms with Crippen molar-refractivity contribution in [1.82, 2.24) is 20.0 Å². The minimum Gasteiger partial charge on any atom is -0.355 e. The molecule has 6 heteroatoms. The maximum Gasteiger partial charge on any atom is 0.176 e. The van der Waals surface area contributed by atoms with E-state index in [0.29, 0.717) is 6.04 Å². The highest BCUT2D eigenvalue weighted by atomic mass is 32.2. The fourth-order valence-electron chi connectivity index (χ4n) is 2.11. The first-order valence-electron chi connectivity index (χ1n) is 7.21. The Balaban J connectivity index is 2.13. The molecule has 2 rings (SSSR count). The Kier molecular flexibility index (Phi) is 5.22. The average molecular weight is 305 g/mol. The molecule has 0 bridgehead atoms. The van der Waals surface area contributed by atoms with Crippen LogP contribution in [-0.2, 0) is 0 Å². The molecule has 114 valence electrons. The van der Waals surface area contributed by atoms with Gasteiger partial charge >= 0.3 is 0 Å². The lowest BCUT2D eigenvalue weighted by molar-refractivity contribution is 0.730. The van der Waals surface area contributed by atoms with Crippen LogP contribution in [-0.4, -0.2) is 44.6 Å². The second-order valence-electron chi connectivity index (χ2n) is 5.21. The SMILES string of the molecule is CCSC[C@H](C)N(C)c1ccc(-n2nc(C)cc2C)nn1. The number of nitrogens with zero attached hydrogens (tertiary/aromatic N) is 5. The van der Waals surface area contributed by atoms with Crippen molar-refractivity contribution in [2.24, 2.45) is 0 Å². The van der Waals surface area contributed by atoms with Crippen LogP contribution in [0, 0.1) is 13.8 Å². The molecule has 21 heavy (non-hydrogen) atoms. The largest absolute Gasteiger partial charge is 0.355 e. The van der Waals surface area contributed by atoms with Crippen molar-refractivity contribution in [3.05, 3.63) is 29.6 Å². The Bertz CT molecular complexity index is 578. The van der Waals surface area contributed by atoms with Gasteiger partial charge in [-0.3, -0.25) is 0 Å². The number of hydrogen-bond donors (Lipinski definition) is 0. The molecule has 0 unspecified atom stereocenters. The van der Waals surface area contributed by atoms with E-state index in [-0.39, 0.29) is 0 Å². The highest BCUT2D eigenvalue weighted by molar-refractivity contribution is 7.99. The zero-order valence-electron chi connectivity index (χ0n) is 13.4. The molecule has 2 aromatic heterocycles. The normalized spacial score (nSPS) is 12.4. The van der Waals surface area contributed by atoms with Gasteiger partial charge in [0.15, 0.2) is 11.6 Å². The van der Waals surface area contributed by atoms with Crippen LogP contribution in [0.15, 0.2) is 18.2 Å². The van der Waals surface area contributed by atoms with Gasteiger partial charge in [-0.1, -0.05) is 6.92 Å². The van der Waals surface area contributed by atoms with E-state index in [1.165, 1.54) is 0 Å². The molecular formula is C15H23N5S. The standard InChI is InChI=1S/C15H23N5S/c1-6-21-10-13(4)19(5)14-7-8-15(17-16-14)20-12(3)9-11(2)18-20/h7-9,13H,6,10H2,1-5H3/t13-/m0/s1. The number of aryl methyl sites for hydroxylation is 2. The first-order valence-corrected chi connectivity index (χ1v) is 8.36. The van der Waals surface area contributed by atoms with Crippen LogP contribution < -0.4 is 4.90 Å². The molecule has 2 heterocycles. The summed E-state index contributed by atoms with van der Waals surface area (Å²) >= 11 is 1.94. The predicted molar refractivity (Wildman–Crippen MR) is 89.5 cm³/mol. The molecule has 2 aromatic rings. The summed E-state index contributed by atoms with van der Waals surface area (Å²) in [5, 5.41) is 13.1. The summed E-state index contributed by atoms with van der Waals surface area (Å²) in [5.41, 5.74) is 2.05. The molecule has 0 saturated carbocycles. The fourth-order valence-corrected chi connectivity index (χ4v) is 2.91.